The Morgan fingerprint density at radius 3 is 2.89 bits per heavy atom. The van der Waals surface area contributed by atoms with Gasteiger partial charge in [0.05, 0.1) is 11.8 Å². The fourth-order valence-electron chi connectivity index (χ4n) is 1.72. The summed E-state index contributed by atoms with van der Waals surface area (Å²) in [6.07, 6.45) is 0. The maximum absolute atomic E-state index is 10.7. The van der Waals surface area contributed by atoms with E-state index in [4.69, 9.17) is 0 Å². The van der Waals surface area contributed by atoms with Crippen LogP contribution in [0.3, 0.4) is 0 Å². The smallest absolute Gasteiger partial charge is 0.216 e. The van der Waals surface area contributed by atoms with Gasteiger partial charge in [0.2, 0.25) is 5.91 Å². The number of amidine groups is 1. The molecule has 1 aliphatic heterocycles. The van der Waals surface area contributed by atoms with E-state index in [0.717, 1.165) is 11.7 Å². The molecule has 18 heavy (non-hydrogen) atoms. The number of benzene rings is 1. The molecule has 1 heterocycles. The predicted molar refractivity (Wildman–Crippen MR) is 75.8 cm³/mol. The maximum atomic E-state index is 10.7. The molecule has 1 amide bonds. The molecule has 2 rings (SSSR count). The van der Waals surface area contributed by atoms with Crippen molar-refractivity contribution in [3.8, 4) is 0 Å². The normalized spacial score (nSPS) is 18.3. The Balaban J connectivity index is 1.73. The van der Waals surface area contributed by atoms with Gasteiger partial charge in [0.1, 0.15) is 0 Å². The molecule has 1 aromatic carbocycles. The quantitative estimate of drug-likeness (QED) is 0.811. The number of thioether (sulfide) groups is 1. The second-order valence-corrected chi connectivity index (χ2v) is 5.26. The zero-order valence-electron chi connectivity index (χ0n) is 10.3. The highest BCUT2D eigenvalue weighted by Gasteiger charge is 2.20. The van der Waals surface area contributed by atoms with Crippen molar-refractivity contribution in [1.82, 2.24) is 10.6 Å². The molecule has 1 atom stereocenters. The highest BCUT2D eigenvalue weighted by molar-refractivity contribution is 8.14. The van der Waals surface area contributed by atoms with E-state index in [2.05, 4.69) is 39.9 Å². The number of carbonyl (C=O) groups excluding carboxylic acids is 1. The molecule has 0 fully saturated rings. The summed E-state index contributed by atoms with van der Waals surface area (Å²) >= 11 is 1.75. The van der Waals surface area contributed by atoms with E-state index in [1.807, 2.05) is 6.07 Å². The number of aliphatic imine (C=N–C) groups is 1. The van der Waals surface area contributed by atoms with Crippen LogP contribution in [0.15, 0.2) is 35.3 Å². The van der Waals surface area contributed by atoms with Gasteiger partial charge in [-0.2, -0.15) is 0 Å². The van der Waals surface area contributed by atoms with Gasteiger partial charge in [0.15, 0.2) is 5.17 Å². The van der Waals surface area contributed by atoms with Crippen LogP contribution in [0, 0.1) is 0 Å². The topological polar surface area (TPSA) is 53.5 Å². The summed E-state index contributed by atoms with van der Waals surface area (Å²) in [6, 6.07) is 10.4. The Morgan fingerprint density at radius 2 is 2.17 bits per heavy atom. The molecule has 2 N–H and O–H groups in total. The minimum atomic E-state index is -0.0000223. The minimum absolute atomic E-state index is 0.0000223. The minimum Gasteiger partial charge on any atom is -0.363 e. The van der Waals surface area contributed by atoms with Crippen molar-refractivity contribution in [2.75, 3.05) is 19.6 Å². The van der Waals surface area contributed by atoms with Crippen LogP contribution in [0.2, 0.25) is 0 Å². The second-order valence-electron chi connectivity index (χ2n) is 4.07. The Labute approximate surface area is 111 Å². The molecule has 0 saturated carbocycles. The van der Waals surface area contributed by atoms with Crippen LogP contribution in [0.25, 0.3) is 0 Å². The summed E-state index contributed by atoms with van der Waals surface area (Å²) in [7, 11) is 0. The van der Waals surface area contributed by atoms with Gasteiger partial charge in [-0.15, -0.1) is 0 Å². The zero-order valence-corrected chi connectivity index (χ0v) is 11.2. The second kappa shape index (κ2) is 6.44. The van der Waals surface area contributed by atoms with Crippen molar-refractivity contribution in [3.63, 3.8) is 0 Å². The lowest BCUT2D eigenvalue weighted by Gasteiger charge is -2.09. The molecular formula is C13H17N3OS. The van der Waals surface area contributed by atoms with Gasteiger partial charge in [0, 0.05) is 20.0 Å². The molecule has 5 heteroatoms. The van der Waals surface area contributed by atoms with Gasteiger partial charge in [-0.25, -0.2) is 0 Å². The standard InChI is InChI=1S/C13H17N3OS/c1-10(17)14-7-8-15-13-16-9-12(18-13)11-5-3-2-4-6-11/h2-6,12H,7-9H2,1H3,(H,14,17)(H,15,16). The number of nitrogens with one attached hydrogen (secondary N) is 2. The molecule has 0 aliphatic carbocycles. The molecule has 4 nitrogen and oxygen atoms in total. The van der Waals surface area contributed by atoms with Gasteiger partial charge in [-0.05, 0) is 5.56 Å². The van der Waals surface area contributed by atoms with Gasteiger partial charge in [0.25, 0.3) is 0 Å². The number of hydrogen-bond donors (Lipinski definition) is 2. The Bertz CT molecular complexity index is 433. The predicted octanol–water partition coefficient (Wildman–Crippen LogP) is 1.56. The molecule has 96 valence electrons. The van der Waals surface area contributed by atoms with Crippen LogP contribution < -0.4 is 10.6 Å². The summed E-state index contributed by atoms with van der Waals surface area (Å²) in [5.74, 6) is -0.0000223. The van der Waals surface area contributed by atoms with Gasteiger partial charge < -0.3 is 10.6 Å². The van der Waals surface area contributed by atoms with Crippen LogP contribution in [0.5, 0.6) is 0 Å². The lowest BCUT2D eigenvalue weighted by atomic mass is 10.1. The van der Waals surface area contributed by atoms with E-state index < -0.39 is 0 Å². The zero-order chi connectivity index (χ0) is 12.8. The average molecular weight is 263 g/mol. The van der Waals surface area contributed by atoms with Crippen LogP contribution >= 0.6 is 11.8 Å². The van der Waals surface area contributed by atoms with Crippen molar-refractivity contribution in [1.29, 1.82) is 0 Å². The lowest BCUT2D eigenvalue weighted by Crippen LogP contribution is -2.32. The Morgan fingerprint density at radius 1 is 1.39 bits per heavy atom. The molecule has 1 aliphatic rings. The van der Waals surface area contributed by atoms with Gasteiger partial charge in [-0.1, -0.05) is 42.1 Å². The van der Waals surface area contributed by atoms with E-state index in [9.17, 15) is 4.79 Å². The Hall–Kier alpha value is -1.49. The number of nitrogens with zero attached hydrogens (tertiary/aromatic N) is 1. The largest absolute Gasteiger partial charge is 0.363 e. The number of amides is 1. The average Bonchev–Trinajstić information content (AvgIpc) is 2.84. The maximum Gasteiger partial charge on any atom is 0.216 e. The third-order valence-corrected chi connectivity index (χ3v) is 3.80. The van der Waals surface area contributed by atoms with E-state index >= 15 is 0 Å². The molecule has 0 aromatic heterocycles. The van der Waals surface area contributed by atoms with Crippen molar-refractivity contribution >= 4 is 22.8 Å². The van der Waals surface area contributed by atoms with Crippen LogP contribution in [0.1, 0.15) is 17.7 Å². The van der Waals surface area contributed by atoms with Crippen molar-refractivity contribution in [2.45, 2.75) is 12.2 Å². The first kappa shape index (κ1) is 13.0. The monoisotopic (exact) mass is 263 g/mol. The molecular weight excluding hydrogens is 246 g/mol. The molecule has 0 saturated heterocycles. The third kappa shape index (κ3) is 3.77. The molecule has 1 unspecified atom stereocenters. The van der Waals surface area contributed by atoms with E-state index in [1.54, 1.807) is 11.8 Å². The molecule has 0 radical (unpaired) electrons. The first-order valence-corrected chi connectivity index (χ1v) is 6.88. The van der Waals surface area contributed by atoms with Crippen LogP contribution in [-0.4, -0.2) is 30.7 Å². The van der Waals surface area contributed by atoms with Crippen molar-refractivity contribution < 1.29 is 4.79 Å². The summed E-state index contributed by atoms with van der Waals surface area (Å²) in [4.78, 5) is 15.2. The SMILES string of the molecule is CC(=O)NCCNC1=NCC(c2ccccc2)S1. The molecule has 0 bridgehead atoms. The van der Waals surface area contributed by atoms with E-state index in [-0.39, 0.29) is 5.91 Å². The molecule has 0 spiro atoms. The van der Waals surface area contributed by atoms with Crippen molar-refractivity contribution in [2.24, 2.45) is 4.99 Å². The van der Waals surface area contributed by atoms with E-state index in [0.29, 0.717) is 18.3 Å². The van der Waals surface area contributed by atoms with E-state index in [1.165, 1.54) is 12.5 Å². The number of rotatable bonds is 4. The molecule has 1 aromatic rings. The first-order valence-electron chi connectivity index (χ1n) is 6.00. The van der Waals surface area contributed by atoms with Crippen molar-refractivity contribution in [3.05, 3.63) is 35.9 Å². The fraction of sp³-hybridized carbons (Fsp3) is 0.385. The van der Waals surface area contributed by atoms with Gasteiger partial charge >= 0.3 is 0 Å². The van der Waals surface area contributed by atoms with Crippen LogP contribution in [-0.2, 0) is 4.79 Å². The highest BCUT2D eigenvalue weighted by Crippen LogP contribution is 2.33. The first-order chi connectivity index (χ1) is 8.75. The lowest BCUT2D eigenvalue weighted by molar-refractivity contribution is -0.118. The highest BCUT2D eigenvalue weighted by atomic mass is 32.2. The Kier molecular flexibility index (Phi) is 4.64. The number of carbonyl (C=O) groups is 1. The summed E-state index contributed by atoms with van der Waals surface area (Å²) in [5, 5.41) is 7.36. The van der Waals surface area contributed by atoms with Gasteiger partial charge in [-0.3, -0.25) is 9.79 Å². The van der Waals surface area contributed by atoms with Crippen LogP contribution in [0.4, 0.5) is 0 Å². The summed E-state index contributed by atoms with van der Waals surface area (Å²) < 4.78 is 0. The summed E-state index contributed by atoms with van der Waals surface area (Å²) in [6.45, 7) is 3.68. The summed E-state index contributed by atoms with van der Waals surface area (Å²) in [5.41, 5.74) is 1.31. The third-order valence-electron chi connectivity index (χ3n) is 2.60. The fourth-order valence-corrected chi connectivity index (χ4v) is 2.77. The number of hydrogen-bond acceptors (Lipinski definition) is 4.